The van der Waals surface area contributed by atoms with Crippen LogP contribution in [0.4, 0.5) is 0 Å². The Morgan fingerprint density at radius 2 is 0.778 bits per heavy atom. The van der Waals surface area contributed by atoms with Gasteiger partial charge >= 0.3 is 0 Å². The fourth-order valence-electron chi connectivity index (χ4n) is 5.89. The van der Waals surface area contributed by atoms with Gasteiger partial charge in [0, 0.05) is 29.3 Å². The molecule has 2 aliphatic rings. The molecule has 5 aromatic heterocycles. The number of ether oxygens (including phenoxy) is 4. The summed E-state index contributed by atoms with van der Waals surface area (Å²) in [6.45, 7) is 7.04. The highest BCUT2D eigenvalue weighted by molar-refractivity contribution is 7.29. The number of thiophene rings is 5. The average Bonchev–Trinajstić information content (AvgIpc) is 3.90. The molecule has 45 heavy (non-hydrogen) atoms. The first kappa shape index (κ1) is 31.3. The molecule has 0 aliphatic carbocycles. The molecule has 7 heterocycles. The van der Waals surface area contributed by atoms with Crippen molar-refractivity contribution in [3.63, 3.8) is 0 Å². The topological polar surface area (TPSA) is 36.9 Å². The normalized spacial score (nSPS) is 13.9. The lowest BCUT2D eigenvalue weighted by atomic mass is 10.1. The number of hydrogen-bond donors (Lipinski definition) is 0. The molecular formula is C36H40O4S5. The van der Waals surface area contributed by atoms with Gasteiger partial charge in [-0.3, -0.25) is 0 Å². The molecule has 2 aliphatic heterocycles. The van der Waals surface area contributed by atoms with E-state index in [1.807, 2.05) is 56.7 Å². The van der Waals surface area contributed by atoms with Gasteiger partial charge in [-0.25, -0.2) is 0 Å². The van der Waals surface area contributed by atoms with E-state index in [0.717, 1.165) is 35.8 Å². The first-order chi connectivity index (χ1) is 22.2. The quantitative estimate of drug-likeness (QED) is 0.108. The molecule has 0 saturated heterocycles. The van der Waals surface area contributed by atoms with E-state index in [2.05, 4.69) is 50.2 Å². The van der Waals surface area contributed by atoms with E-state index >= 15 is 0 Å². The van der Waals surface area contributed by atoms with Crippen LogP contribution in [0, 0.1) is 0 Å². The van der Waals surface area contributed by atoms with Crippen molar-refractivity contribution in [2.75, 3.05) is 26.4 Å². The molecule has 0 saturated carbocycles. The molecule has 9 heteroatoms. The Bertz CT molecular complexity index is 1590. The van der Waals surface area contributed by atoms with Gasteiger partial charge in [0.15, 0.2) is 23.0 Å². The Morgan fingerprint density at radius 3 is 1.18 bits per heavy atom. The third-order valence-corrected chi connectivity index (χ3v) is 14.6. The average molecular weight is 697 g/mol. The molecule has 5 aromatic rings. The van der Waals surface area contributed by atoms with Gasteiger partial charge in [-0.1, -0.05) is 52.4 Å². The highest BCUT2D eigenvalue weighted by Crippen LogP contribution is 2.54. The molecule has 0 aromatic carbocycles. The van der Waals surface area contributed by atoms with Crippen LogP contribution < -0.4 is 18.9 Å². The van der Waals surface area contributed by atoms with Gasteiger partial charge in [0.05, 0.1) is 19.5 Å². The molecule has 0 N–H and O–H groups in total. The van der Waals surface area contributed by atoms with Crippen molar-refractivity contribution in [1.82, 2.24) is 0 Å². The van der Waals surface area contributed by atoms with Crippen molar-refractivity contribution < 1.29 is 18.9 Å². The fourth-order valence-corrected chi connectivity index (χ4v) is 11.8. The Labute approximate surface area is 286 Å². The monoisotopic (exact) mass is 696 g/mol. The Kier molecular flexibility index (Phi) is 10.2. The Hall–Kier alpha value is -2.30. The second-order valence-corrected chi connectivity index (χ2v) is 17.0. The van der Waals surface area contributed by atoms with E-state index in [9.17, 15) is 0 Å². The minimum absolute atomic E-state index is 0.620. The third kappa shape index (κ3) is 6.75. The summed E-state index contributed by atoms with van der Waals surface area (Å²) in [4.78, 5) is 12.9. The second kappa shape index (κ2) is 14.6. The lowest BCUT2D eigenvalue weighted by Crippen LogP contribution is -2.15. The molecule has 0 bridgehead atoms. The summed E-state index contributed by atoms with van der Waals surface area (Å²) in [6, 6.07) is 13.6. The van der Waals surface area contributed by atoms with Crippen molar-refractivity contribution in [2.24, 2.45) is 0 Å². The van der Waals surface area contributed by atoms with Gasteiger partial charge in [0.25, 0.3) is 0 Å². The highest BCUT2D eigenvalue weighted by Gasteiger charge is 2.27. The van der Waals surface area contributed by atoms with Gasteiger partial charge in [-0.2, -0.15) is 0 Å². The van der Waals surface area contributed by atoms with Crippen molar-refractivity contribution in [1.29, 1.82) is 0 Å². The smallest absolute Gasteiger partial charge is 0.181 e. The van der Waals surface area contributed by atoms with Crippen molar-refractivity contribution in [2.45, 2.75) is 78.1 Å². The van der Waals surface area contributed by atoms with E-state index in [-0.39, 0.29) is 0 Å². The Balaban J connectivity index is 1.09. The van der Waals surface area contributed by atoms with Crippen molar-refractivity contribution in [3.05, 3.63) is 46.2 Å². The molecule has 0 fully saturated rings. The van der Waals surface area contributed by atoms with Gasteiger partial charge in [0.1, 0.15) is 26.4 Å². The molecule has 0 atom stereocenters. The number of fused-ring (bicyclic) bond motifs is 2. The maximum Gasteiger partial charge on any atom is 0.181 e. The zero-order valence-corrected chi connectivity index (χ0v) is 30.1. The van der Waals surface area contributed by atoms with Crippen molar-refractivity contribution >= 4 is 56.7 Å². The molecule has 238 valence electrons. The first-order valence-corrected chi connectivity index (χ1v) is 20.4. The molecule has 0 amide bonds. The van der Waals surface area contributed by atoms with E-state index in [4.69, 9.17) is 18.9 Å². The van der Waals surface area contributed by atoms with Crippen LogP contribution in [0.5, 0.6) is 23.0 Å². The standard InChI is InChI=1S/C36H40O4S5/c1-3-5-7-9-11-27-31-33(39-21-19-37-31)35(44-27)29-17-15-25(42-29)23-13-14-24(41-23)26-16-18-30(43-26)36-34-32(38-20-22-40-34)28(45-36)12-10-8-6-4-2/h13-18H,3-12,19-22H2,1-2H3. The Morgan fingerprint density at radius 1 is 0.422 bits per heavy atom. The van der Waals surface area contributed by atoms with Crippen LogP contribution >= 0.6 is 56.7 Å². The first-order valence-electron chi connectivity index (χ1n) is 16.4. The summed E-state index contributed by atoms with van der Waals surface area (Å²) in [6.07, 6.45) is 12.2. The van der Waals surface area contributed by atoms with Gasteiger partial charge < -0.3 is 18.9 Å². The van der Waals surface area contributed by atoms with Crippen LogP contribution in [-0.2, 0) is 12.8 Å². The maximum atomic E-state index is 6.18. The number of rotatable bonds is 14. The molecule has 0 spiro atoms. The predicted octanol–water partition coefficient (Wildman–Crippen LogP) is 12.5. The van der Waals surface area contributed by atoms with Crippen LogP contribution in [0.15, 0.2) is 36.4 Å². The van der Waals surface area contributed by atoms with Crippen LogP contribution in [0.3, 0.4) is 0 Å². The third-order valence-electron chi connectivity index (χ3n) is 8.20. The summed E-state index contributed by atoms with van der Waals surface area (Å²) >= 11 is 9.31. The summed E-state index contributed by atoms with van der Waals surface area (Å²) in [7, 11) is 0. The molecular weight excluding hydrogens is 657 g/mol. The molecule has 7 rings (SSSR count). The molecule has 4 nitrogen and oxygen atoms in total. The van der Waals surface area contributed by atoms with Crippen LogP contribution in [0.2, 0.25) is 0 Å². The highest BCUT2D eigenvalue weighted by atomic mass is 32.1. The van der Waals surface area contributed by atoms with Gasteiger partial charge in [-0.15, -0.1) is 56.7 Å². The lowest BCUT2D eigenvalue weighted by Gasteiger charge is -2.17. The molecule has 0 unspecified atom stereocenters. The second-order valence-electron chi connectivity index (χ2n) is 11.5. The van der Waals surface area contributed by atoms with E-state index in [0.29, 0.717) is 26.4 Å². The maximum absolute atomic E-state index is 6.18. The SMILES string of the molecule is CCCCCCc1sc(-c2ccc(-c3ccc(-c4ccc(-c5sc(CCCCCC)c6c5OCCO6)s4)s3)s2)c2c1OCCO2. The van der Waals surface area contributed by atoms with Crippen LogP contribution in [0.25, 0.3) is 39.0 Å². The number of hydrogen-bond acceptors (Lipinski definition) is 9. The zero-order chi connectivity index (χ0) is 30.6. The van der Waals surface area contributed by atoms with Crippen LogP contribution in [-0.4, -0.2) is 26.4 Å². The van der Waals surface area contributed by atoms with E-state index < -0.39 is 0 Å². The minimum atomic E-state index is 0.620. The van der Waals surface area contributed by atoms with E-state index in [1.54, 1.807) is 0 Å². The number of aryl methyl sites for hydroxylation is 2. The van der Waals surface area contributed by atoms with Gasteiger partial charge in [-0.05, 0) is 62.1 Å². The largest absolute Gasteiger partial charge is 0.485 e. The minimum Gasteiger partial charge on any atom is -0.485 e. The van der Waals surface area contributed by atoms with E-state index in [1.165, 1.54) is 100 Å². The molecule has 0 radical (unpaired) electrons. The summed E-state index contributed by atoms with van der Waals surface area (Å²) < 4.78 is 24.6. The lowest BCUT2D eigenvalue weighted by molar-refractivity contribution is 0.172. The van der Waals surface area contributed by atoms with Crippen LogP contribution in [0.1, 0.15) is 75.0 Å². The summed E-state index contributed by atoms with van der Waals surface area (Å²) in [5, 5.41) is 0. The number of unbranched alkanes of at least 4 members (excludes halogenated alkanes) is 6. The fraction of sp³-hybridized carbons (Fsp3) is 0.444. The van der Waals surface area contributed by atoms with Crippen molar-refractivity contribution in [3.8, 4) is 62.0 Å². The summed E-state index contributed by atoms with van der Waals surface area (Å²) in [5.41, 5.74) is 0. The van der Waals surface area contributed by atoms with Gasteiger partial charge in [0.2, 0.25) is 0 Å². The zero-order valence-electron chi connectivity index (χ0n) is 26.0. The predicted molar refractivity (Wildman–Crippen MR) is 195 cm³/mol. The summed E-state index contributed by atoms with van der Waals surface area (Å²) in [5.74, 6) is 3.90.